The molecule has 0 aliphatic carbocycles. The maximum atomic E-state index is 12.2. The Morgan fingerprint density at radius 3 is 2.95 bits per heavy atom. The molecule has 1 fully saturated rings. The van der Waals surface area contributed by atoms with Crippen molar-refractivity contribution in [3.05, 3.63) is 16.1 Å². The Morgan fingerprint density at radius 2 is 2.32 bits per heavy atom. The highest BCUT2D eigenvalue weighted by atomic mass is 32.1. The monoisotopic (exact) mass is 293 g/mol. The minimum atomic E-state index is -4.08. The average molecular weight is 293 g/mol. The maximum Gasteiger partial charge on any atom is 0.401 e. The third kappa shape index (κ3) is 5.08. The van der Waals surface area contributed by atoms with Crippen LogP contribution in [0.3, 0.4) is 0 Å². The van der Waals surface area contributed by atoms with Crippen LogP contribution in [-0.4, -0.2) is 42.2 Å². The van der Waals surface area contributed by atoms with Gasteiger partial charge < -0.3 is 5.32 Å². The molecule has 0 radical (unpaired) electrons. The molecule has 1 aromatic rings. The van der Waals surface area contributed by atoms with Crippen molar-refractivity contribution < 1.29 is 13.2 Å². The lowest BCUT2D eigenvalue weighted by molar-refractivity contribution is -0.143. The topological polar surface area (TPSA) is 28.2 Å². The predicted octanol–water partition coefficient (Wildman–Crippen LogP) is 2.43. The number of halogens is 3. The molecule has 1 unspecified atom stereocenters. The van der Waals surface area contributed by atoms with Crippen molar-refractivity contribution >= 4 is 11.3 Å². The summed E-state index contributed by atoms with van der Waals surface area (Å²) in [5.41, 5.74) is 0. The van der Waals surface area contributed by atoms with E-state index in [-0.39, 0.29) is 0 Å². The van der Waals surface area contributed by atoms with Crippen molar-refractivity contribution in [2.45, 2.75) is 26.1 Å². The molecule has 1 aliphatic rings. The van der Waals surface area contributed by atoms with Crippen molar-refractivity contribution in [3.63, 3.8) is 0 Å². The Balaban J connectivity index is 1.65. The van der Waals surface area contributed by atoms with Gasteiger partial charge in [0.25, 0.3) is 0 Å². The number of hydrogen-bond donors (Lipinski definition) is 1. The number of thiazole rings is 1. The SMILES string of the molecule is Cc1ncc(CNCC2CCN(CC(F)(F)F)C2)s1. The van der Waals surface area contributed by atoms with Crippen LogP contribution in [0.25, 0.3) is 0 Å². The van der Waals surface area contributed by atoms with E-state index >= 15 is 0 Å². The first-order chi connectivity index (χ1) is 8.92. The van der Waals surface area contributed by atoms with E-state index in [4.69, 9.17) is 0 Å². The fourth-order valence-corrected chi connectivity index (χ4v) is 3.13. The second-order valence-electron chi connectivity index (χ2n) is 4.98. The Kier molecular flexibility index (Phi) is 4.81. The molecule has 1 N–H and O–H groups in total. The largest absolute Gasteiger partial charge is 0.401 e. The minimum Gasteiger partial charge on any atom is -0.311 e. The second-order valence-corrected chi connectivity index (χ2v) is 6.30. The smallest absolute Gasteiger partial charge is 0.311 e. The van der Waals surface area contributed by atoms with Crippen LogP contribution < -0.4 is 5.32 Å². The standard InChI is InChI=1S/C12H18F3N3S/c1-9-17-6-11(19-9)5-16-4-10-2-3-18(7-10)8-12(13,14)15/h6,10,16H,2-5,7-8H2,1H3. The molecule has 7 heteroatoms. The Morgan fingerprint density at radius 1 is 1.53 bits per heavy atom. The van der Waals surface area contributed by atoms with Gasteiger partial charge in [0, 0.05) is 24.2 Å². The van der Waals surface area contributed by atoms with E-state index in [2.05, 4.69) is 10.3 Å². The van der Waals surface area contributed by atoms with Crippen LogP contribution in [0.2, 0.25) is 0 Å². The molecule has 0 spiro atoms. The van der Waals surface area contributed by atoms with Gasteiger partial charge in [-0.05, 0) is 32.4 Å². The highest BCUT2D eigenvalue weighted by Crippen LogP contribution is 2.22. The normalized spacial score (nSPS) is 21.2. The van der Waals surface area contributed by atoms with Crippen LogP contribution in [0.1, 0.15) is 16.3 Å². The van der Waals surface area contributed by atoms with Crippen molar-refractivity contribution in [1.29, 1.82) is 0 Å². The minimum absolute atomic E-state index is 0.316. The van der Waals surface area contributed by atoms with Crippen LogP contribution in [0.15, 0.2) is 6.20 Å². The van der Waals surface area contributed by atoms with E-state index in [9.17, 15) is 13.2 Å². The number of alkyl halides is 3. The zero-order valence-electron chi connectivity index (χ0n) is 10.8. The fraction of sp³-hybridized carbons (Fsp3) is 0.750. The van der Waals surface area contributed by atoms with Gasteiger partial charge in [-0.25, -0.2) is 4.98 Å². The molecule has 1 aromatic heterocycles. The van der Waals surface area contributed by atoms with Crippen LogP contribution in [0, 0.1) is 12.8 Å². The highest BCUT2D eigenvalue weighted by molar-refractivity contribution is 7.11. The third-order valence-electron chi connectivity index (χ3n) is 3.17. The van der Waals surface area contributed by atoms with E-state index in [1.807, 2.05) is 13.1 Å². The molecule has 0 bridgehead atoms. The van der Waals surface area contributed by atoms with Crippen LogP contribution in [0.4, 0.5) is 13.2 Å². The Hall–Kier alpha value is -0.660. The Labute approximate surface area is 114 Å². The summed E-state index contributed by atoms with van der Waals surface area (Å²) in [6.07, 6.45) is -1.40. The molecule has 19 heavy (non-hydrogen) atoms. The maximum absolute atomic E-state index is 12.2. The van der Waals surface area contributed by atoms with E-state index in [1.54, 1.807) is 11.3 Å². The number of aromatic nitrogens is 1. The summed E-state index contributed by atoms with van der Waals surface area (Å²) in [5.74, 6) is 0.316. The molecule has 1 aliphatic heterocycles. The van der Waals surface area contributed by atoms with E-state index in [0.29, 0.717) is 19.0 Å². The molecular weight excluding hydrogens is 275 g/mol. The second kappa shape index (κ2) is 6.19. The molecule has 0 aromatic carbocycles. The van der Waals surface area contributed by atoms with E-state index in [1.165, 1.54) is 9.78 Å². The molecule has 2 rings (SSSR count). The first kappa shape index (κ1) is 14.7. The average Bonchev–Trinajstić information content (AvgIpc) is 2.86. The predicted molar refractivity (Wildman–Crippen MR) is 69.2 cm³/mol. The molecule has 0 saturated carbocycles. The Bertz CT molecular complexity index is 405. The number of nitrogens with one attached hydrogen (secondary N) is 1. The van der Waals surface area contributed by atoms with Crippen molar-refractivity contribution in [2.75, 3.05) is 26.2 Å². The summed E-state index contributed by atoms with van der Waals surface area (Å²) in [5, 5.41) is 4.34. The summed E-state index contributed by atoms with van der Waals surface area (Å²) in [7, 11) is 0. The number of likely N-dealkylation sites (tertiary alicyclic amines) is 1. The quantitative estimate of drug-likeness (QED) is 0.904. The lowest BCUT2D eigenvalue weighted by Crippen LogP contribution is -2.33. The molecule has 3 nitrogen and oxygen atoms in total. The molecule has 1 atom stereocenters. The van der Waals surface area contributed by atoms with E-state index in [0.717, 1.165) is 24.5 Å². The lowest BCUT2D eigenvalue weighted by atomic mass is 10.1. The summed E-state index contributed by atoms with van der Waals surface area (Å²) >= 11 is 1.65. The van der Waals surface area contributed by atoms with Gasteiger partial charge in [0.15, 0.2) is 0 Å². The van der Waals surface area contributed by atoms with Crippen LogP contribution >= 0.6 is 11.3 Å². The van der Waals surface area contributed by atoms with Gasteiger partial charge in [-0.15, -0.1) is 11.3 Å². The number of rotatable bonds is 5. The third-order valence-corrected chi connectivity index (χ3v) is 4.09. The lowest BCUT2D eigenvalue weighted by Gasteiger charge is -2.17. The first-order valence-corrected chi connectivity index (χ1v) is 7.15. The van der Waals surface area contributed by atoms with Crippen molar-refractivity contribution in [1.82, 2.24) is 15.2 Å². The highest BCUT2D eigenvalue weighted by Gasteiger charge is 2.34. The molecule has 1 saturated heterocycles. The zero-order chi connectivity index (χ0) is 13.9. The van der Waals surface area contributed by atoms with Crippen molar-refractivity contribution in [3.8, 4) is 0 Å². The van der Waals surface area contributed by atoms with Gasteiger partial charge in [0.1, 0.15) is 0 Å². The first-order valence-electron chi connectivity index (χ1n) is 6.33. The molecule has 2 heterocycles. The molecule has 108 valence electrons. The number of nitrogens with zero attached hydrogens (tertiary/aromatic N) is 2. The van der Waals surface area contributed by atoms with Gasteiger partial charge >= 0.3 is 6.18 Å². The number of hydrogen-bond acceptors (Lipinski definition) is 4. The van der Waals surface area contributed by atoms with Crippen LogP contribution in [-0.2, 0) is 6.54 Å². The van der Waals surface area contributed by atoms with Crippen molar-refractivity contribution in [2.24, 2.45) is 5.92 Å². The summed E-state index contributed by atoms with van der Waals surface area (Å²) in [4.78, 5) is 6.82. The van der Waals surface area contributed by atoms with E-state index < -0.39 is 12.7 Å². The van der Waals surface area contributed by atoms with Gasteiger partial charge in [-0.1, -0.05) is 0 Å². The van der Waals surface area contributed by atoms with Gasteiger partial charge in [-0.3, -0.25) is 4.90 Å². The van der Waals surface area contributed by atoms with Gasteiger partial charge in [-0.2, -0.15) is 13.2 Å². The molecular formula is C12H18F3N3S. The number of aryl methyl sites for hydroxylation is 1. The van der Waals surface area contributed by atoms with Crippen LogP contribution in [0.5, 0.6) is 0 Å². The van der Waals surface area contributed by atoms with Gasteiger partial charge in [0.2, 0.25) is 0 Å². The van der Waals surface area contributed by atoms with Gasteiger partial charge in [0.05, 0.1) is 11.6 Å². The summed E-state index contributed by atoms with van der Waals surface area (Å²) < 4.78 is 36.7. The summed E-state index contributed by atoms with van der Waals surface area (Å²) in [6, 6.07) is 0. The fourth-order valence-electron chi connectivity index (χ4n) is 2.36. The molecule has 0 amide bonds. The summed E-state index contributed by atoms with van der Waals surface area (Å²) in [6.45, 7) is 3.78. The zero-order valence-corrected chi connectivity index (χ0v) is 11.7.